The van der Waals surface area contributed by atoms with E-state index in [4.69, 9.17) is 4.74 Å². The first-order chi connectivity index (χ1) is 20.4. The number of rotatable bonds is 10. The van der Waals surface area contributed by atoms with Gasteiger partial charge in [0.15, 0.2) is 0 Å². The van der Waals surface area contributed by atoms with Crippen molar-refractivity contribution >= 4 is 18.0 Å². The van der Waals surface area contributed by atoms with Crippen LogP contribution in [-0.4, -0.2) is 59.8 Å². The second kappa shape index (κ2) is 12.0. The minimum absolute atomic E-state index is 0.0230. The highest BCUT2D eigenvalue weighted by Crippen LogP contribution is 2.44. The lowest BCUT2D eigenvalue weighted by Crippen LogP contribution is -2.57. The van der Waals surface area contributed by atoms with E-state index in [1.165, 1.54) is 16.7 Å². The molecule has 0 unspecified atom stereocenters. The zero-order valence-electron chi connectivity index (χ0n) is 23.6. The average Bonchev–Trinajstić information content (AvgIpc) is 3.72. The molecular formula is C34H37N3O5. The zero-order valence-corrected chi connectivity index (χ0v) is 23.6. The topological polar surface area (TPSA) is 108 Å². The van der Waals surface area contributed by atoms with E-state index in [-0.39, 0.29) is 36.7 Å². The quantitative estimate of drug-likeness (QED) is 0.325. The number of likely N-dealkylation sites (tertiary alicyclic amines) is 1. The molecular weight excluding hydrogens is 530 g/mol. The van der Waals surface area contributed by atoms with Crippen LogP contribution in [0.25, 0.3) is 11.1 Å². The number of aliphatic carboxylic acids is 1. The number of nitrogens with zero attached hydrogens (tertiary/aromatic N) is 1. The number of carbonyl (C=O) groups is 3. The molecule has 3 aromatic carbocycles. The van der Waals surface area contributed by atoms with Crippen LogP contribution in [0.1, 0.15) is 48.3 Å². The van der Waals surface area contributed by atoms with E-state index >= 15 is 0 Å². The first-order valence-electron chi connectivity index (χ1n) is 14.8. The van der Waals surface area contributed by atoms with Gasteiger partial charge in [0, 0.05) is 38.5 Å². The molecule has 2 fully saturated rings. The maximum Gasteiger partial charge on any atom is 0.407 e. The van der Waals surface area contributed by atoms with Crippen LogP contribution in [-0.2, 0) is 20.9 Å². The molecule has 0 spiro atoms. The Balaban J connectivity index is 1.10. The number of alkyl carbamates (subject to hydrolysis) is 1. The van der Waals surface area contributed by atoms with E-state index in [2.05, 4.69) is 51.9 Å². The fourth-order valence-corrected chi connectivity index (χ4v) is 6.57. The summed E-state index contributed by atoms with van der Waals surface area (Å²) in [5, 5.41) is 15.2. The number of hydrogen-bond donors (Lipinski definition) is 3. The second-order valence-corrected chi connectivity index (χ2v) is 11.9. The van der Waals surface area contributed by atoms with Crippen LogP contribution in [0.5, 0.6) is 0 Å². The second-order valence-electron chi connectivity index (χ2n) is 11.9. The first kappa shape index (κ1) is 28.0. The molecule has 3 N–H and O–H groups in total. The van der Waals surface area contributed by atoms with Crippen molar-refractivity contribution in [2.75, 3.05) is 26.2 Å². The molecule has 42 heavy (non-hydrogen) atoms. The van der Waals surface area contributed by atoms with Gasteiger partial charge in [-0.15, -0.1) is 0 Å². The van der Waals surface area contributed by atoms with Crippen LogP contribution >= 0.6 is 0 Å². The molecule has 8 nitrogen and oxygen atoms in total. The number of ether oxygens (including phenoxy) is 1. The molecule has 0 radical (unpaired) electrons. The van der Waals surface area contributed by atoms with Gasteiger partial charge in [-0.05, 0) is 53.0 Å². The van der Waals surface area contributed by atoms with Gasteiger partial charge in [0.2, 0.25) is 5.91 Å². The molecule has 2 aliphatic carbocycles. The van der Waals surface area contributed by atoms with E-state index in [9.17, 15) is 19.5 Å². The predicted octanol–water partition coefficient (Wildman–Crippen LogP) is 4.79. The van der Waals surface area contributed by atoms with Crippen molar-refractivity contribution in [3.8, 4) is 11.1 Å². The number of nitrogens with one attached hydrogen (secondary N) is 2. The maximum absolute atomic E-state index is 13.3. The van der Waals surface area contributed by atoms with Crippen molar-refractivity contribution in [1.82, 2.24) is 15.5 Å². The number of carbonyl (C=O) groups excluding carboxylic acids is 2. The van der Waals surface area contributed by atoms with Crippen LogP contribution in [0, 0.1) is 11.8 Å². The van der Waals surface area contributed by atoms with Gasteiger partial charge in [-0.2, -0.15) is 0 Å². The SMILES string of the molecule is O=C(CC1(NC(=O)OCC2c3ccccc3-c3ccccc32)CCN(Cc2ccccc2)CC1)NC[C@@H]1C[C@@H]1C(=O)O. The first-order valence-corrected chi connectivity index (χ1v) is 14.8. The summed E-state index contributed by atoms with van der Waals surface area (Å²) in [6, 6.07) is 26.7. The molecule has 3 aliphatic rings. The number of piperidine rings is 1. The molecule has 6 rings (SSSR count). The van der Waals surface area contributed by atoms with Crippen molar-refractivity contribution in [1.29, 1.82) is 0 Å². The van der Waals surface area contributed by atoms with Crippen molar-refractivity contribution in [3.63, 3.8) is 0 Å². The third kappa shape index (κ3) is 6.19. The number of carboxylic acids is 1. The van der Waals surface area contributed by atoms with Gasteiger partial charge in [-0.25, -0.2) is 4.79 Å². The molecule has 1 aliphatic heterocycles. The Morgan fingerprint density at radius 3 is 2.12 bits per heavy atom. The minimum Gasteiger partial charge on any atom is -0.481 e. The van der Waals surface area contributed by atoms with Gasteiger partial charge in [-0.1, -0.05) is 78.9 Å². The molecule has 8 heteroatoms. The third-order valence-electron chi connectivity index (χ3n) is 9.07. The van der Waals surface area contributed by atoms with Crippen LogP contribution < -0.4 is 10.6 Å². The lowest BCUT2D eigenvalue weighted by atomic mass is 9.84. The highest BCUT2D eigenvalue weighted by Gasteiger charge is 2.44. The monoisotopic (exact) mass is 567 g/mol. The van der Waals surface area contributed by atoms with E-state index in [1.807, 2.05) is 42.5 Å². The predicted molar refractivity (Wildman–Crippen MR) is 159 cm³/mol. The van der Waals surface area contributed by atoms with Gasteiger partial charge in [0.1, 0.15) is 6.61 Å². The molecule has 0 aromatic heterocycles. The molecule has 3 aromatic rings. The van der Waals surface area contributed by atoms with E-state index in [0.29, 0.717) is 25.8 Å². The molecule has 1 saturated carbocycles. The smallest absolute Gasteiger partial charge is 0.407 e. The van der Waals surface area contributed by atoms with Crippen LogP contribution in [0.3, 0.4) is 0 Å². The van der Waals surface area contributed by atoms with Gasteiger partial charge >= 0.3 is 12.1 Å². The summed E-state index contributed by atoms with van der Waals surface area (Å²) in [6.45, 7) is 2.83. The normalized spacial score (nSPS) is 20.7. The number of hydrogen-bond acceptors (Lipinski definition) is 5. The van der Waals surface area contributed by atoms with Gasteiger partial charge in [0.05, 0.1) is 11.5 Å². The van der Waals surface area contributed by atoms with Crippen molar-refractivity contribution in [3.05, 3.63) is 95.6 Å². The standard InChI is InChI=1S/C34H37N3O5/c38-31(35-20-24-18-29(24)32(39)40)19-34(14-16-37(17-15-34)21-23-8-2-1-3-9-23)36-33(41)42-22-30-27-12-6-4-10-25(27)26-11-5-7-13-28(26)30/h1-13,24,29-30H,14-22H2,(H,35,38)(H,36,41)(H,39,40)/t24-,29-/m0/s1. The molecule has 218 valence electrons. The summed E-state index contributed by atoms with van der Waals surface area (Å²) in [5.41, 5.74) is 5.12. The summed E-state index contributed by atoms with van der Waals surface area (Å²) in [6.07, 6.45) is 1.42. The summed E-state index contributed by atoms with van der Waals surface area (Å²) in [5.74, 6) is -1.43. The summed E-state index contributed by atoms with van der Waals surface area (Å²) < 4.78 is 5.86. The van der Waals surface area contributed by atoms with Crippen LogP contribution in [0.4, 0.5) is 4.79 Å². The zero-order chi connectivity index (χ0) is 29.1. The minimum atomic E-state index is -0.812. The Labute approximate surface area is 246 Å². The summed E-state index contributed by atoms with van der Waals surface area (Å²) in [7, 11) is 0. The Morgan fingerprint density at radius 1 is 0.881 bits per heavy atom. The highest BCUT2D eigenvalue weighted by molar-refractivity contribution is 5.80. The largest absolute Gasteiger partial charge is 0.481 e. The molecule has 2 amide bonds. The number of fused-ring (bicyclic) bond motifs is 3. The Bertz CT molecular complexity index is 1400. The fourth-order valence-electron chi connectivity index (χ4n) is 6.57. The number of benzene rings is 3. The Morgan fingerprint density at radius 2 is 1.50 bits per heavy atom. The van der Waals surface area contributed by atoms with Crippen LogP contribution in [0.2, 0.25) is 0 Å². The highest BCUT2D eigenvalue weighted by atomic mass is 16.5. The van der Waals surface area contributed by atoms with Crippen molar-refractivity contribution < 1.29 is 24.2 Å². The van der Waals surface area contributed by atoms with E-state index in [0.717, 1.165) is 30.8 Å². The Kier molecular flexibility index (Phi) is 7.98. The molecule has 0 bridgehead atoms. The number of carboxylic acid groups (broad SMARTS) is 1. The summed E-state index contributed by atoms with van der Waals surface area (Å²) >= 11 is 0. The Hall–Kier alpha value is -4.17. The lowest BCUT2D eigenvalue weighted by Gasteiger charge is -2.41. The van der Waals surface area contributed by atoms with Crippen molar-refractivity contribution in [2.45, 2.75) is 43.7 Å². The maximum atomic E-state index is 13.3. The van der Waals surface area contributed by atoms with Gasteiger partial charge in [-0.3, -0.25) is 14.5 Å². The third-order valence-corrected chi connectivity index (χ3v) is 9.07. The van der Waals surface area contributed by atoms with Crippen molar-refractivity contribution in [2.24, 2.45) is 11.8 Å². The van der Waals surface area contributed by atoms with E-state index in [1.54, 1.807) is 0 Å². The molecule has 2 atom stereocenters. The number of amides is 2. The van der Waals surface area contributed by atoms with Gasteiger partial charge < -0.3 is 20.5 Å². The molecule has 1 saturated heterocycles. The lowest BCUT2D eigenvalue weighted by molar-refractivity contribution is -0.139. The summed E-state index contributed by atoms with van der Waals surface area (Å²) in [4.78, 5) is 39.9. The van der Waals surface area contributed by atoms with E-state index < -0.39 is 17.6 Å². The van der Waals surface area contributed by atoms with Gasteiger partial charge in [0.25, 0.3) is 0 Å². The van der Waals surface area contributed by atoms with Crippen LogP contribution in [0.15, 0.2) is 78.9 Å². The molecule has 1 heterocycles. The fraction of sp³-hybridized carbons (Fsp3) is 0.382. The average molecular weight is 568 g/mol.